The average molecular weight is 718 g/mol. The fourth-order valence-corrected chi connectivity index (χ4v) is 7.38. The number of benzene rings is 2. The normalized spacial score (nSPS) is 18.4. The van der Waals surface area contributed by atoms with Crippen molar-refractivity contribution < 1.29 is 24.0 Å². The van der Waals surface area contributed by atoms with Crippen LogP contribution < -0.4 is 27.4 Å². The molecular formula is C40H59N7O5. The molecule has 4 rings (SSSR count). The number of nitrogens with one attached hydrogen (secondary N) is 3. The van der Waals surface area contributed by atoms with Gasteiger partial charge >= 0.3 is 0 Å². The topological polar surface area (TPSA) is 180 Å². The molecule has 1 spiro atoms. The molecule has 2 saturated heterocycles. The van der Waals surface area contributed by atoms with Crippen molar-refractivity contribution in [3.05, 3.63) is 71.8 Å². The van der Waals surface area contributed by atoms with E-state index in [1.54, 1.807) is 6.92 Å². The van der Waals surface area contributed by atoms with Gasteiger partial charge in [-0.25, -0.2) is 0 Å². The van der Waals surface area contributed by atoms with Gasteiger partial charge in [-0.1, -0.05) is 74.5 Å². The zero-order valence-electron chi connectivity index (χ0n) is 31.2. The standard InChI is InChI=1S/C40H59N7O5/c1-29(2)22-34(44-37(51)35(24-32-14-8-5-9-15-32)43-36(50)33(42)23-31-12-6-4-7-13-31)38(52)45-40(28-48,16-10-11-19-41)27-46-20-17-39(18-21-46)25-47(26-39)30(3)49/h4-9,12-15,28-29,33-35H,10-11,16-27,41-42H2,1-3H3,(H,43,50)(H,44,51)(H,45,52)/t33-,34-,35-,40+/m1/s1. The number of piperidine rings is 1. The molecule has 2 aliphatic heterocycles. The van der Waals surface area contributed by atoms with Crippen LogP contribution in [-0.4, -0.2) is 103 Å². The Morgan fingerprint density at radius 1 is 0.846 bits per heavy atom. The van der Waals surface area contributed by atoms with E-state index in [9.17, 15) is 24.0 Å². The molecule has 0 saturated carbocycles. The van der Waals surface area contributed by atoms with E-state index in [-0.39, 0.29) is 23.7 Å². The highest BCUT2D eigenvalue weighted by Gasteiger charge is 2.47. The lowest BCUT2D eigenvalue weighted by Crippen LogP contribution is -2.65. The van der Waals surface area contributed by atoms with Crippen molar-refractivity contribution in [3.63, 3.8) is 0 Å². The maximum Gasteiger partial charge on any atom is 0.243 e. The molecule has 12 nitrogen and oxygen atoms in total. The van der Waals surface area contributed by atoms with Gasteiger partial charge in [0.25, 0.3) is 0 Å². The summed E-state index contributed by atoms with van der Waals surface area (Å²) in [5.41, 5.74) is 12.8. The summed E-state index contributed by atoms with van der Waals surface area (Å²) in [4.78, 5) is 70.4. The monoisotopic (exact) mass is 717 g/mol. The fraction of sp³-hybridized carbons (Fsp3) is 0.575. The van der Waals surface area contributed by atoms with Crippen LogP contribution in [0.15, 0.2) is 60.7 Å². The highest BCUT2D eigenvalue weighted by Crippen LogP contribution is 2.40. The summed E-state index contributed by atoms with van der Waals surface area (Å²) < 4.78 is 0. The second-order valence-electron chi connectivity index (χ2n) is 15.4. The summed E-state index contributed by atoms with van der Waals surface area (Å²) in [5, 5.41) is 8.86. The first-order chi connectivity index (χ1) is 24.9. The second kappa shape index (κ2) is 19.1. The Kier molecular flexibility index (Phi) is 14.9. The molecule has 12 heteroatoms. The van der Waals surface area contributed by atoms with Crippen LogP contribution >= 0.6 is 0 Å². The summed E-state index contributed by atoms with van der Waals surface area (Å²) in [7, 11) is 0. The number of hydrogen-bond donors (Lipinski definition) is 5. The van der Waals surface area contributed by atoms with E-state index in [2.05, 4.69) is 20.9 Å². The Balaban J connectivity index is 1.48. The average Bonchev–Trinajstić information content (AvgIpc) is 3.11. The maximum atomic E-state index is 14.2. The van der Waals surface area contributed by atoms with Crippen molar-refractivity contribution in [2.24, 2.45) is 22.8 Å². The van der Waals surface area contributed by atoms with E-state index in [1.165, 1.54) is 0 Å². The number of aldehydes is 1. The first-order valence-electron chi connectivity index (χ1n) is 18.8. The molecule has 0 radical (unpaired) electrons. The SMILES string of the molecule is CC(=O)N1CC2(CCN(C[C@](C=O)(CCCCN)NC(=O)[C@@H](CC(C)C)NC(=O)[C@@H](Cc3ccccc3)NC(=O)[C@H](N)Cc3ccccc3)CC2)C1. The van der Waals surface area contributed by atoms with Crippen molar-refractivity contribution in [2.75, 3.05) is 39.3 Å². The molecule has 0 aliphatic carbocycles. The van der Waals surface area contributed by atoms with E-state index < -0.39 is 41.4 Å². The van der Waals surface area contributed by atoms with Crippen LogP contribution in [0.3, 0.4) is 0 Å². The Bertz CT molecular complexity index is 1470. The van der Waals surface area contributed by atoms with Crippen molar-refractivity contribution >= 4 is 29.9 Å². The molecule has 0 aromatic heterocycles. The molecular weight excluding hydrogens is 658 g/mol. The number of rotatable bonds is 19. The van der Waals surface area contributed by atoms with Gasteiger partial charge in [0.05, 0.1) is 6.04 Å². The van der Waals surface area contributed by atoms with Gasteiger partial charge in [-0.15, -0.1) is 0 Å². The molecule has 2 heterocycles. The van der Waals surface area contributed by atoms with Crippen molar-refractivity contribution in [2.45, 2.75) is 95.8 Å². The summed E-state index contributed by atoms with van der Waals surface area (Å²) in [6.07, 6.45) is 5.26. The fourth-order valence-electron chi connectivity index (χ4n) is 7.38. The number of nitrogens with two attached hydrogens (primary N) is 2. The van der Waals surface area contributed by atoms with Gasteiger partial charge in [-0.05, 0) is 81.6 Å². The minimum atomic E-state index is -1.18. The number of carbonyl (C=O) groups is 5. The molecule has 2 aromatic carbocycles. The van der Waals surface area contributed by atoms with Gasteiger partial charge in [0, 0.05) is 38.4 Å². The lowest BCUT2D eigenvalue weighted by Gasteiger charge is -2.54. The molecule has 2 fully saturated rings. The van der Waals surface area contributed by atoms with Crippen LogP contribution in [0.5, 0.6) is 0 Å². The first kappa shape index (κ1) is 40.6. The Morgan fingerprint density at radius 2 is 1.42 bits per heavy atom. The van der Waals surface area contributed by atoms with E-state index in [1.807, 2.05) is 79.4 Å². The number of unbranched alkanes of at least 4 members (excludes halogenated alkanes) is 1. The smallest absolute Gasteiger partial charge is 0.243 e. The third-order valence-corrected chi connectivity index (χ3v) is 10.5. The summed E-state index contributed by atoms with van der Waals surface area (Å²) in [6.45, 7) is 9.38. The van der Waals surface area contributed by atoms with E-state index in [0.29, 0.717) is 45.2 Å². The maximum absolute atomic E-state index is 14.2. The molecule has 0 unspecified atom stereocenters. The summed E-state index contributed by atoms with van der Waals surface area (Å²) in [5.74, 6) is -1.29. The van der Waals surface area contributed by atoms with Gasteiger partial charge in [0.15, 0.2) is 0 Å². The largest absolute Gasteiger partial charge is 0.343 e. The van der Waals surface area contributed by atoms with Gasteiger partial charge in [-0.2, -0.15) is 0 Å². The van der Waals surface area contributed by atoms with Crippen LogP contribution in [0.1, 0.15) is 70.4 Å². The molecule has 7 N–H and O–H groups in total. The van der Waals surface area contributed by atoms with Crippen molar-refractivity contribution in [1.29, 1.82) is 0 Å². The van der Waals surface area contributed by atoms with Crippen LogP contribution in [0.2, 0.25) is 0 Å². The third kappa shape index (κ3) is 11.7. The van der Waals surface area contributed by atoms with Crippen LogP contribution in [0.4, 0.5) is 0 Å². The molecule has 4 amide bonds. The third-order valence-electron chi connectivity index (χ3n) is 10.5. The molecule has 2 aliphatic rings. The van der Waals surface area contributed by atoms with E-state index in [0.717, 1.165) is 56.4 Å². The quantitative estimate of drug-likeness (QED) is 0.108. The molecule has 284 valence electrons. The molecule has 0 bridgehead atoms. The number of nitrogens with zero attached hydrogens (tertiary/aromatic N) is 2. The van der Waals surface area contributed by atoms with Gasteiger partial charge in [0.1, 0.15) is 23.9 Å². The van der Waals surface area contributed by atoms with Gasteiger partial charge < -0.3 is 42.0 Å². The lowest BCUT2D eigenvalue weighted by atomic mass is 9.71. The van der Waals surface area contributed by atoms with Gasteiger partial charge in [-0.3, -0.25) is 19.2 Å². The van der Waals surface area contributed by atoms with Crippen molar-refractivity contribution in [1.82, 2.24) is 25.8 Å². The lowest BCUT2D eigenvalue weighted by molar-refractivity contribution is -0.144. The predicted molar refractivity (Wildman–Crippen MR) is 202 cm³/mol. The van der Waals surface area contributed by atoms with Crippen LogP contribution in [0, 0.1) is 11.3 Å². The van der Waals surface area contributed by atoms with Gasteiger partial charge in [0.2, 0.25) is 23.6 Å². The zero-order chi connectivity index (χ0) is 37.7. The van der Waals surface area contributed by atoms with E-state index in [4.69, 9.17) is 11.5 Å². The Hall–Kier alpha value is -4.13. The predicted octanol–water partition coefficient (Wildman–Crippen LogP) is 1.94. The number of likely N-dealkylation sites (tertiary alicyclic amines) is 2. The van der Waals surface area contributed by atoms with Crippen LogP contribution in [0.25, 0.3) is 0 Å². The highest BCUT2D eigenvalue weighted by molar-refractivity contribution is 5.94. The molecule has 2 aromatic rings. The Morgan fingerprint density at radius 3 is 1.96 bits per heavy atom. The van der Waals surface area contributed by atoms with E-state index >= 15 is 0 Å². The summed E-state index contributed by atoms with van der Waals surface area (Å²) in [6, 6.07) is 16.0. The number of hydrogen-bond acceptors (Lipinski definition) is 8. The summed E-state index contributed by atoms with van der Waals surface area (Å²) >= 11 is 0. The Labute approximate surface area is 308 Å². The van der Waals surface area contributed by atoms with Crippen LogP contribution in [-0.2, 0) is 36.8 Å². The second-order valence-corrected chi connectivity index (χ2v) is 15.4. The molecule has 52 heavy (non-hydrogen) atoms. The minimum absolute atomic E-state index is 0.0377. The zero-order valence-corrected chi connectivity index (χ0v) is 31.2. The molecule has 4 atom stereocenters. The number of carbonyl (C=O) groups excluding carboxylic acids is 5. The van der Waals surface area contributed by atoms with Crippen molar-refractivity contribution in [3.8, 4) is 0 Å². The minimum Gasteiger partial charge on any atom is -0.343 e. The first-order valence-corrected chi connectivity index (χ1v) is 18.8. The highest BCUT2D eigenvalue weighted by atomic mass is 16.2. The number of amides is 4.